The Kier molecular flexibility index (Phi) is 5.85. The van der Waals surface area contributed by atoms with Crippen LogP contribution in [0.2, 0.25) is 10.0 Å². The smallest absolute Gasteiger partial charge is 0.293 e. The van der Waals surface area contributed by atoms with Gasteiger partial charge in [-0.15, -0.1) is 0 Å². The number of nitrogens with zero attached hydrogens (tertiary/aromatic N) is 3. The predicted octanol–water partition coefficient (Wildman–Crippen LogP) is 6.56. The zero-order valence-corrected chi connectivity index (χ0v) is 19.3. The molecule has 0 unspecified atom stereocenters. The lowest BCUT2D eigenvalue weighted by Crippen LogP contribution is -2.19. The molecule has 1 fully saturated rings. The molecule has 1 aliphatic rings. The van der Waals surface area contributed by atoms with Gasteiger partial charge in [0.2, 0.25) is 5.89 Å². The maximum atomic E-state index is 12.9. The van der Waals surface area contributed by atoms with Crippen LogP contribution in [-0.2, 0) is 0 Å². The number of benzene rings is 3. The van der Waals surface area contributed by atoms with E-state index in [1.807, 2.05) is 4.90 Å². The molecule has 34 heavy (non-hydrogen) atoms. The first-order valence-electron chi connectivity index (χ1n) is 10.6. The molecule has 0 aliphatic carbocycles. The number of anilines is 2. The lowest BCUT2D eigenvalue weighted by atomic mass is 10.1. The zero-order chi connectivity index (χ0) is 23.8. The first-order valence-corrected chi connectivity index (χ1v) is 11.4. The van der Waals surface area contributed by atoms with Crippen molar-refractivity contribution in [2.24, 2.45) is 0 Å². The van der Waals surface area contributed by atoms with Crippen molar-refractivity contribution in [3.05, 3.63) is 80.3 Å². The molecule has 4 aromatic rings. The van der Waals surface area contributed by atoms with E-state index in [2.05, 4.69) is 10.3 Å². The molecule has 0 atom stereocenters. The number of amides is 1. The van der Waals surface area contributed by atoms with Crippen molar-refractivity contribution >= 4 is 57.3 Å². The van der Waals surface area contributed by atoms with Crippen LogP contribution in [-0.4, -0.2) is 28.9 Å². The summed E-state index contributed by atoms with van der Waals surface area (Å²) in [5.41, 5.74) is 2.70. The molecule has 172 valence electrons. The monoisotopic (exact) mass is 496 g/mol. The molecule has 10 heteroatoms. The minimum Gasteiger partial charge on any atom is -0.435 e. The molecular formula is C24H18Cl2N4O4. The fraction of sp³-hybridized carbons (Fsp3) is 0.167. The summed E-state index contributed by atoms with van der Waals surface area (Å²) >= 11 is 12.2. The molecule has 0 spiro atoms. The van der Waals surface area contributed by atoms with Crippen molar-refractivity contribution in [1.29, 1.82) is 0 Å². The Morgan fingerprint density at radius 1 is 1.09 bits per heavy atom. The number of hydrogen-bond acceptors (Lipinski definition) is 6. The molecule has 0 bridgehead atoms. The Morgan fingerprint density at radius 3 is 2.65 bits per heavy atom. The molecule has 3 aromatic carbocycles. The fourth-order valence-corrected chi connectivity index (χ4v) is 4.57. The third-order valence-corrected chi connectivity index (χ3v) is 6.16. The van der Waals surface area contributed by atoms with Gasteiger partial charge in [-0.25, -0.2) is 4.98 Å². The number of nitro benzene ring substituents is 1. The minimum atomic E-state index is -0.458. The van der Waals surface area contributed by atoms with E-state index in [4.69, 9.17) is 27.6 Å². The number of carbonyl (C=O) groups is 1. The van der Waals surface area contributed by atoms with Gasteiger partial charge in [-0.05, 0) is 55.3 Å². The highest BCUT2D eigenvalue weighted by Gasteiger charge is 2.24. The van der Waals surface area contributed by atoms with E-state index < -0.39 is 10.8 Å². The van der Waals surface area contributed by atoms with Crippen molar-refractivity contribution in [3.63, 3.8) is 0 Å². The van der Waals surface area contributed by atoms with Gasteiger partial charge in [0.15, 0.2) is 5.58 Å². The molecule has 1 aromatic heterocycles. The summed E-state index contributed by atoms with van der Waals surface area (Å²) in [7, 11) is 0. The number of aromatic nitrogens is 1. The number of hydrogen-bond donors (Lipinski definition) is 1. The Morgan fingerprint density at radius 2 is 1.88 bits per heavy atom. The van der Waals surface area contributed by atoms with E-state index >= 15 is 0 Å². The van der Waals surface area contributed by atoms with Crippen molar-refractivity contribution in [2.75, 3.05) is 23.3 Å². The Hall–Kier alpha value is -3.62. The van der Waals surface area contributed by atoms with Gasteiger partial charge >= 0.3 is 0 Å². The van der Waals surface area contributed by atoms with Crippen LogP contribution in [0.3, 0.4) is 0 Å². The van der Waals surface area contributed by atoms with Gasteiger partial charge in [-0.3, -0.25) is 14.9 Å². The lowest BCUT2D eigenvalue weighted by molar-refractivity contribution is -0.384. The zero-order valence-electron chi connectivity index (χ0n) is 17.8. The summed E-state index contributed by atoms with van der Waals surface area (Å²) in [5.74, 6) is -0.138. The van der Waals surface area contributed by atoms with Gasteiger partial charge in [0.25, 0.3) is 11.6 Å². The van der Waals surface area contributed by atoms with Crippen LogP contribution in [0.5, 0.6) is 0 Å². The van der Waals surface area contributed by atoms with E-state index in [1.54, 1.807) is 48.5 Å². The van der Waals surface area contributed by atoms with Gasteiger partial charge in [-0.1, -0.05) is 29.3 Å². The largest absolute Gasteiger partial charge is 0.435 e. The Labute approximate surface area is 204 Å². The van der Waals surface area contributed by atoms with Gasteiger partial charge in [0.05, 0.1) is 9.95 Å². The Balaban J connectivity index is 1.41. The summed E-state index contributed by atoms with van der Waals surface area (Å²) < 4.78 is 5.79. The second-order valence-electron chi connectivity index (χ2n) is 7.94. The summed E-state index contributed by atoms with van der Waals surface area (Å²) in [6.07, 6.45) is 1.99. The molecule has 1 N–H and O–H groups in total. The topological polar surface area (TPSA) is 102 Å². The molecule has 0 saturated carbocycles. The molecule has 8 nitrogen and oxygen atoms in total. The molecule has 1 saturated heterocycles. The quantitative estimate of drug-likeness (QED) is 0.248. The molecular weight excluding hydrogens is 479 g/mol. The van der Waals surface area contributed by atoms with Gasteiger partial charge in [0, 0.05) is 41.0 Å². The summed E-state index contributed by atoms with van der Waals surface area (Å²) in [4.78, 5) is 30.5. The normalized spacial score (nSPS) is 13.4. The summed E-state index contributed by atoms with van der Waals surface area (Å²) in [6.45, 7) is 1.54. The standard InChI is InChI=1S/C24H18Cl2N4O4/c25-16-12-18(26)22-19(13-16)28-24(34-22)15-4-3-5-17(10-15)27-23(31)14-6-7-20(21(11-14)30(32)33)29-8-1-2-9-29/h3-7,10-13H,1-2,8-9H2,(H,27,31). The average Bonchev–Trinajstić information content (AvgIpc) is 3.49. The van der Waals surface area contributed by atoms with E-state index in [9.17, 15) is 14.9 Å². The maximum absolute atomic E-state index is 12.9. The van der Waals surface area contributed by atoms with Gasteiger partial charge < -0.3 is 14.6 Å². The number of nitro groups is 1. The first kappa shape index (κ1) is 22.2. The number of halogens is 2. The van der Waals surface area contributed by atoms with Crippen molar-refractivity contribution in [2.45, 2.75) is 12.8 Å². The SMILES string of the molecule is O=C(Nc1cccc(-c2nc3cc(Cl)cc(Cl)c3o2)c1)c1ccc(N2CCCC2)c([N+](=O)[O-])c1. The van der Waals surface area contributed by atoms with Crippen LogP contribution in [0.15, 0.2) is 59.0 Å². The molecule has 5 rings (SSSR count). The minimum absolute atomic E-state index is 0.0784. The van der Waals surface area contributed by atoms with Crippen LogP contribution in [0.25, 0.3) is 22.6 Å². The van der Waals surface area contributed by atoms with Crippen LogP contribution < -0.4 is 10.2 Å². The molecule has 1 amide bonds. The molecule has 2 heterocycles. The highest BCUT2D eigenvalue weighted by molar-refractivity contribution is 6.38. The van der Waals surface area contributed by atoms with Gasteiger partial charge in [-0.2, -0.15) is 0 Å². The summed E-state index contributed by atoms with van der Waals surface area (Å²) in [5, 5.41) is 15.2. The predicted molar refractivity (Wildman–Crippen MR) is 132 cm³/mol. The molecule has 0 radical (unpaired) electrons. The van der Waals surface area contributed by atoms with Crippen LogP contribution in [0, 0.1) is 10.1 Å². The number of fused-ring (bicyclic) bond motifs is 1. The third-order valence-electron chi connectivity index (χ3n) is 5.66. The second-order valence-corrected chi connectivity index (χ2v) is 8.79. The summed E-state index contributed by atoms with van der Waals surface area (Å²) in [6, 6.07) is 14.7. The number of rotatable bonds is 5. The fourth-order valence-electron chi connectivity index (χ4n) is 4.05. The van der Waals surface area contributed by atoms with Crippen molar-refractivity contribution in [1.82, 2.24) is 4.98 Å². The van der Waals surface area contributed by atoms with E-state index in [0.29, 0.717) is 44.0 Å². The van der Waals surface area contributed by atoms with Crippen LogP contribution in [0.1, 0.15) is 23.2 Å². The number of nitrogens with one attached hydrogen (secondary N) is 1. The van der Waals surface area contributed by atoms with Gasteiger partial charge in [0.1, 0.15) is 11.2 Å². The highest BCUT2D eigenvalue weighted by atomic mass is 35.5. The highest BCUT2D eigenvalue weighted by Crippen LogP contribution is 2.34. The lowest BCUT2D eigenvalue weighted by Gasteiger charge is -2.17. The van der Waals surface area contributed by atoms with Crippen molar-refractivity contribution < 1.29 is 14.1 Å². The van der Waals surface area contributed by atoms with Crippen LogP contribution in [0.4, 0.5) is 17.1 Å². The third kappa shape index (κ3) is 4.30. The second kappa shape index (κ2) is 8.96. The number of carbonyl (C=O) groups excluding carboxylic acids is 1. The maximum Gasteiger partial charge on any atom is 0.293 e. The van der Waals surface area contributed by atoms with Crippen molar-refractivity contribution in [3.8, 4) is 11.5 Å². The van der Waals surface area contributed by atoms with E-state index in [1.165, 1.54) is 6.07 Å². The van der Waals surface area contributed by atoms with E-state index in [-0.39, 0.29) is 11.3 Å². The Bertz CT molecular complexity index is 1430. The number of oxazole rings is 1. The first-order chi connectivity index (χ1) is 16.4. The molecule has 1 aliphatic heterocycles. The van der Waals surface area contributed by atoms with Crippen LogP contribution >= 0.6 is 23.2 Å². The van der Waals surface area contributed by atoms with E-state index in [0.717, 1.165) is 25.9 Å². The average molecular weight is 497 g/mol.